The van der Waals surface area contributed by atoms with Gasteiger partial charge in [0.15, 0.2) is 0 Å². The van der Waals surface area contributed by atoms with Gasteiger partial charge in [0.2, 0.25) is 5.91 Å². The van der Waals surface area contributed by atoms with Crippen LogP contribution in [0.4, 0.5) is 5.69 Å². The lowest BCUT2D eigenvalue weighted by Gasteiger charge is -2.39. The molecule has 24 heavy (non-hydrogen) atoms. The van der Waals surface area contributed by atoms with Crippen LogP contribution in [0.25, 0.3) is 0 Å². The summed E-state index contributed by atoms with van der Waals surface area (Å²) in [4.78, 5) is 13.2. The summed E-state index contributed by atoms with van der Waals surface area (Å²) >= 11 is 0. The molecule has 0 aliphatic carbocycles. The van der Waals surface area contributed by atoms with Gasteiger partial charge in [0.1, 0.15) is 7.85 Å². The fourth-order valence-electron chi connectivity index (χ4n) is 2.71. The molecule has 1 aromatic rings. The van der Waals surface area contributed by atoms with Crippen molar-refractivity contribution in [2.24, 2.45) is 5.92 Å². The zero-order valence-electron chi connectivity index (χ0n) is 16.1. The summed E-state index contributed by atoms with van der Waals surface area (Å²) < 4.78 is 0. The number of likely N-dealkylation sites (tertiary alicyclic amines) is 1. The Bertz CT molecular complexity index is 467. The van der Waals surface area contributed by atoms with E-state index in [1.54, 1.807) is 24.3 Å². The summed E-state index contributed by atoms with van der Waals surface area (Å²) in [5.41, 5.74) is 0.0947. The number of aliphatic hydroxyl groups is 1. The van der Waals surface area contributed by atoms with Crippen LogP contribution in [0.15, 0.2) is 24.3 Å². The van der Waals surface area contributed by atoms with Crippen LogP contribution in [-0.2, 0) is 10.3 Å². The quantitative estimate of drug-likeness (QED) is 0.835. The van der Waals surface area contributed by atoms with Crippen molar-refractivity contribution < 1.29 is 9.90 Å². The Morgan fingerprint density at radius 3 is 2.04 bits per heavy atom. The molecule has 1 atom stereocenters. The van der Waals surface area contributed by atoms with E-state index in [4.69, 9.17) is 7.85 Å². The predicted molar refractivity (Wildman–Crippen MR) is 103 cm³/mol. The normalized spacial score (nSPS) is 17.5. The van der Waals surface area contributed by atoms with Gasteiger partial charge >= 0.3 is 0 Å². The largest absolute Gasteiger partial charge is 0.395 e. The van der Waals surface area contributed by atoms with Crippen LogP contribution in [0.3, 0.4) is 0 Å². The number of amides is 1. The van der Waals surface area contributed by atoms with Gasteiger partial charge in [-0.05, 0) is 56.6 Å². The number of rotatable bonds is 3. The third-order valence-electron chi connectivity index (χ3n) is 4.01. The maximum absolute atomic E-state index is 11.0. The van der Waals surface area contributed by atoms with Crippen molar-refractivity contribution >= 4 is 19.4 Å². The Morgan fingerprint density at radius 2 is 1.62 bits per heavy atom. The Kier molecular flexibility index (Phi) is 10.6. The van der Waals surface area contributed by atoms with Crippen LogP contribution in [0, 0.1) is 5.92 Å². The van der Waals surface area contributed by atoms with Crippen molar-refractivity contribution in [1.82, 2.24) is 4.90 Å². The van der Waals surface area contributed by atoms with E-state index in [2.05, 4.69) is 17.3 Å². The number of anilines is 1. The third kappa shape index (κ3) is 6.66. The van der Waals surface area contributed by atoms with Gasteiger partial charge in [0, 0.05) is 12.6 Å². The summed E-state index contributed by atoms with van der Waals surface area (Å²) in [5, 5.41) is 13.3. The molecule has 1 fully saturated rings. The lowest BCUT2D eigenvalue weighted by molar-refractivity contribution is -0.114. The molecule has 0 bridgehead atoms. The molecule has 4 nitrogen and oxygen atoms in total. The van der Waals surface area contributed by atoms with Crippen LogP contribution < -0.4 is 5.32 Å². The molecule has 2 rings (SSSR count). The van der Waals surface area contributed by atoms with Crippen LogP contribution in [-0.4, -0.2) is 43.9 Å². The minimum absolute atomic E-state index is 0.0605. The van der Waals surface area contributed by atoms with E-state index < -0.39 is 5.50 Å². The number of nitrogens with zero attached hydrogens (tertiary/aromatic N) is 1. The minimum Gasteiger partial charge on any atom is -0.395 e. The van der Waals surface area contributed by atoms with Gasteiger partial charge in [-0.3, -0.25) is 4.79 Å². The van der Waals surface area contributed by atoms with Crippen molar-refractivity contribution in [1.29, 1.82) is 0 Å². The number of carbonyl (C=O) groups excluding carboxylic acids is 1. The standard InChI is InChI=1S/C15H21BN2O2.2C2H6/c1-11(19)17-14-5-3-12(4-6-14)15(16,20)13-7-9-18(2)10-8-13;2*1-2/h3-6,13,20H,7-10H2,1-2H3,(H,17,19);2*1-2H3. The van der Waals surface area contributed by atoms with E-state index in [-0.39, 0.29) is 11.8 Å². The molecule has 0 aromatic heterocycles. The van der Waals surface area contributed by atoms with E-state index in [1.807, 2.05) is 27.7 Å². The van der Waals surface area contributed by atoms with E-state index in [0.29, 0.717) is 11.3 Å². The first kappa shape index (κ1) is 22.7. The predicted octanol–water partition coefficient (Wildman–Crippen LogP) is 3.35. The fourth-order valence-corrected chi connectivity index (χ4v) is 2.71. The van der Waals surface area contributed by atoms with Crippen molar-refractivity contribution in [3.8, 4) is 0 Å². The first-order valence-electron chi connectivity index (χ1n) is 8.97. The molecule has 5 heteroatoms. The molecule has 1 aromatic carbocycles. The van der Waals surface area contributed by atoms with Crippen molar-refractivity contribution in [2.45, 2.75) is 53.0 Å². The van der Waals surface area contributed by atoms with Crippen LogP contribution >= 0.6 is 0 Å². The maximum Gasteiger partial charge on any atom is 0.221 e. The summed E-state index contributed by atoms with van der Waals surface area (Å²) in [6, 6.07) is 7.10. The molecule has 2 radical (unpaired) electrons. The van der Waals surface area contributed by atoms with Crippen molar-refractivity contribution in [2.75, 3.05) is 25.5 Å². The van der Waals surface area contributed by atoms with E-state index in [1.165, 1.54) is 6.92 Å². The van der Waals surface area contributed by atoms with Gasteiger partial charge in [-0.1, -0.05) is 39.8 Å². The molecule has 0 spiro atoms. The average Bonchev–Trinajstić information content (AvgIpc) is 2.59. The molecule has 0 saturated carbocycles. The Morgan fingerprint density at radius 1 is 1.17 bits per heavy atom. The maximum atomic E-state index is 11.0. The summed E-state index contributed by atoms with van der Waals surface area (Å²) in [5.74, 6) is -0.0543. The molecule has 1 unspecified atom stereocenters. The first-order chi connectivity index (χ1) is 11.4. The Labute approximate surface area is 149 Å². The number of hydrogen-bond donors (Lipinski definition) is 2. The lowest BCUT2D eigenvalue weighted by atomic mass is 9.64. The summed E-state index contributed by atoms with van der Waals surface area (Å²) in [6.45, 7) is 11.4. The van der Waals surface area contributed by atoms with Gasteiger partial charge in [-0.25, -0.2) is 0 Å². The van der Waals surface area contributed by atoms with Crippen LogP contribution in [0.1, 0.15) is 53.0 Å². The first-order valence-corrected chi connectivity index (χ1v) is 8.97. The number of carbonyl (C=O) groups is 1. The topological polar surface area (TPSA) is 52.6 Å². The number of piperidine rings is 1. The summed E-state index contributed by atoms with van der Waals surface area (Å²) in [6.07, 6.45) is 1.77. The molecular weight excluding hydrogens is 299 g/mol. The van der Waals surface area contributed by atoms with Gasteiger partial charge < -0.3 is 15.3 Å². The molecule has 1 amide bonds. The number of nitrogens with one attached hydrogen (secondary N) is 1. The third-order valence-corrected chi connectivity index (χ3v) is 4.01. The van der Waals surface area contributed by atoms with E-state index in [0.717, 1.165) is 25.9 Å². The fraction of sp³-hybridized carbons (Fsp3) is 0.632. The number of benzene rings is 1. The van der Waals surface area contributed by atoms with Crippen molar-refractivity contribution in [3.05, 3.63) is 29.8 Å². The smallest absolute Gasteiger partial charge is 0.221 e. The zero-order chi connectivity index (χ0) is 18.8. The molecule has 1 aliphatic heterocycles. The molecule has 2 N–H and O–H groups in total. The van der Waals surface area contributed by atoms with Gasteiger partial charge in [0.05, 0.1) is 5.50 Å². The summed E-state index contributed by atoms with van der Waals surface area (Å²) in [7, 11) is 8.24. The second kappa shape index (κ2) is 11.3. The second-order valence-electron chi connectivity index (χ2n) is 5.66. The van der Waals surface area contributed by atoms with Crippen molar-refractivity contribution in [3.63, 3.8) is 0 Å². The monoisotopic (exact) mass is 332 g/mol. The highest BCUT2D eigenvalue weighted by molar-refractivity contribution is 6.14. The highest BCUT2D eigenvalue weighted by Gasteiger charge is 2.34. The van der Waals surface area contributed by atoms with Crippen LogP contribution in [0.5, 0.6) is 0 Å². The Hall–Kier alpha value is -1.33. The molecule has 1 aliphatic rings. The molecule has 1 saturated heterocycles. The van der Waals surface area contributed by atoms with E-state index in [9.17, 15) is 9.90 Å². The zero-order valence-corrected chi connectivity index (χ0v) is 16.1. The highest BCUT2D eigenvalue weighted by Crippen LogP contribution is 2.34. The molecule has 134 valence electrons. The lowest BCUT2D eigenvalue weighted by Crippen LogP contribution is -2.42. The van der Waals surface area contributed by atoms with Crippen LogP contribution in [0.2, 0.25) is 0 Å². The molecule has 1 heterocycles. The average molecular weight is 332 g/mol. The Balaban J connectivity index is 0.00000123. The van der Waals surface area contributed by atoms with Gasteiger partial charge in [0.25, 0.3) is 0 Å². The highest BCUT2D eigenvalue weighted by atomic mass is 16.3. The molecular formula is C19H33BN2O2. The number of hydrogen-bond acceptors (Lipinski definition) is 3. The van der Waals surface area contributed by atoms with Gasteiger partial charge in [-0.2, -0.15) is 0 Å². The minimum atomic E-state index is -1.31. The SMILES string of the molecule is CC.CC.[B]C(O)(c1ccc(NC(C)=O)cc1)C1CCN(C)CC1. The van der Waals surface area contributed by atoms with Gasteiger partial charge in [-0.15, -0.1) is 0 Å². The van der Waals surface area contributed by atoms with E-state index >= 15 is 0 Å². The second-order valence-corrected chi connectivity index (χ2v) is 5.66.